The number of rotatable bonds is 8. The van der Waals surface area contributed by atoms with Crippen LogP contribution in [-0.2, 0) is 4.79 Å². The van der Waals surface area contributed by atoms with Crippen LogP contribution < -0.4 is 15.4 Å². The molecule has 1 aromatic carbocycles. The number of benzene rings is 1. The number of likely N-dealkylation sites (N-methyl/N-ethyl adjacent to an activating group) is 1. The number of nitrogens with one attached hydrogen (secondary N) is 2. The minimum Gasteiger partial charge on any atom is -0.492 e. The largest absolute Gasteiger partial charge is 0.492 e. The zero-order chi connectivity index (χ0) is 16.4. The van der Waals surface area contributed by atoms with Crippen molar-refractivity contribution < 1.29 is 14.3 Å². The fourth-order valence-electron chi connectivity index (χ4n) is 1.65. The highest BCUT2D eigenvalue weighted by atomic mass is 35.5. The zero-order valence-electron chi connectivity index (χ0n) is 12.9. The Morgan fingerprint density at radius 3 is 2.82 bits per heavy atom. The normalized spacial score (nSPS) is 10.4. The molecule has 3 amide bonds. The fraction of sp³-hybridized carbons (Fsp3) is 0.467. The van der Waals surface area contributed by atoms with Gasteiger partial charge in [-0.15, -0.1) is 0 Å². The third-order valence-electron chi connectivity index (χ3n) is 2.74. The summed E-state index contributed by atoms with van der Waals surface area (Å²) in [6.45, 7) is 3.58. The van der Waals surface area contributed by atoms with E-state index in [0.717, 1.165) is 6.42 Å². The Morgan fingerprint density at radius 1 is 1.36 bits per heavy atom. The van der Waals surface area contributed by atoms with Gasteiger partial charge in [-0.1, -0.05) is 24.6 Å². The highest BCUT2D eigenvalue weighted by Crippen LogP contribution is 2.16. The van der Waals surface area contributed by atoms with E-state index in [1.165, 1.54) is 0 Å². The number of halogens is 1. The van der Waals surface area contributed by atoms with E-state index in [0.29, 0.717) is 30.5 Å². The first-order valence-electron chi connectivity index (χ1n) is 7.16. The summed E-state index contributed by atoms with van der Waals surface area (Å²) in [5.41, 5.74) is 0. The molecule has 0 saturated heterocycles. The van der Waals surface area contributed by atoms with E-state index in [2.05, 4.69) is 10.6 Å². The van der Waals surface area contributed by atoms with Crippen molar-refractivity contribution >= 4 is 23.5 Å². The van der Waals surface area contributed by atoms with Gasteiger partial charge in [-0.2, -0.15) is 0 Å². The molecule has 0 unspecified atom stereocenters. The van der Waals surface area contributed by atoms with Crippen LogP contribution in [-0.4, -0.2) is 50.1 Å². The van der Waals surface area contributed by atoms with Gasteiger partial charge in [-0.3, -0.25) is 15.0 Å². The van der Waals surface area contributed by atoms with E-state index >= 15 is 0 Å². The molecule has 0 heterocycles. The molecule has 1 rings (SSSR count). The summed E-state index contributed by atoms with van der Waals surface area (Å²) < 4.78 is 5.54. The molecule has 1 aromatic rings. The first-order chi connectivity index (χ1) is 10.5. The Morgan fingerprint density at radius 2 is 2.14 bits per heavy atom. The molecule has 122 valence electrons. The predicted molar refractivity (Wildman–Crippen MR) is 86.3 cm³/mol. The molecule has 0 spiro atoms. The summed E-state index contributed by atoms with van der Waals surface area (Å²) in [6, 6.07) is 6.66. The summed E-state index contributed by atoms with van der Waals surface area (Å²) in [4.78, 5) is 24.7. The van der Waals surface area contributed by atoms with Gasteiger partial charge in [0, 0.05) is 18.1 Å². The van der Waals surface area contributed by atoms with Crippen molar-refractivity contribution in [3.8, 4) is 5.75 Å². The van der Waals surface area contributed by atoms with Crippen LogP contribution in [0.15, 0.2) is 24.3 Å². The van der Waals surface area contributed by atoms with Crippen molar-refractivity contribution in [2.45, 2.75) is 13.3 Å². The van der Waals surface area contributed by atoms with Crippen molar-refractivity contribution in [3.05, 3.63) is 29.3 Å². The first-order valence-corrected chi connectivity index (χ1v) is 7.53. The van der Waals surface area contributed by atoms with E-state index < -0.39 is 6.03 Å². The average Bonchev–Trinajstić information content (AvgIpc) is 2.45. The topological polar surface area (TPSA) is 70.7 Å². The first kappa shape index (κ1) is 18.3. The lowest BCUT2D eigenvalue weighted by molar-refractivity contribution is -0.120. The van der Waals surface area contributed by atoms with E-state index in [-0.39, 0.29) is 12.5 Å². The van der Waals surface area contributed by atoms with Crippen molar-refractivity contribution in [2.75, 3.05) is 33.3 Å². The van der Waals surface area contributed by atoms with Gasteiger partial charge in [-0.05, 0) is 31.7 Å². The molecule has 0 atom stereocenters. The van der Waals surface area contributed by atoms with Crippen LogP contribution in [0.4, 0.5) is 4.79 Å². The molecule has 6 nitrogen and oxygen atoms in total. The average molecular weight is 328 g/mol. The molecule has 0 fully saturated rings. The standard InChI is InChI=1S/C15H22ClN3O3/c1-3-7-17-15(21)18-14(20)11-19(2)8-9-22-13-6-4-5-12(16)10-13/h4-6,10H,3,7-9,11H2,1-2H3,(H2,17,18,20,21). The molecule has 0 aromatic heterocycles. The Kier molecular flexibility index (Phi) is 8.32. The maximum Gasteiger partial charge on any atom is 0.321 e. The Labute approximate surface area is 135 Å². The van der Waals surface area contributed by atoms with Crippen molar-refractivity contribution in [1.29, 1.82) is 0 Å². The summed E-state index contributed by atoms with van der Waals surface area (Å²) in [6.07, 6.45) is 0.822. The highest BCUT2D eigenvalue weighted by molar-refractivity contribution is 6.30. The van der Waals surface area contributed by atoms with Crippen LogP contribution in [0.25, 0.3) is 0 Å². The number of amides is 3. The number of urea groups is 1. The van der Waals surface area contributed by atoms with E-state index in [1.807, 2.05) is 19.1 Å². The molecule has 0 aliphatic rings. The van der Waals surface area contributed by atoms with Gasteiger partial charge in [0.05, 0.1) is 6.54 Å². The minimum atomic E-state index is -0.463. The lowest BCUT2D eigenvalue weighted by Gasteiger charge is -2.16. The Bertz CT molecular complexity index is 497. The van der Waals surface area contributed by atoms with Crippen LogP contribution in [0.1, 0.15) is 13.3 Å². The molecule has 0 saturated carbocycles. The van der Waals surface area contributed by atoms with Gasteiger partial charge in [0.15, 0.2) is 0 Å². The van der Waals surface area contributed by atoms with E-state index in [9.17, 15) is 9.59 Å². The minimum absolute atomic E-state index is 0.123. The zero-order valence-corrected chi connectivity index (χ0v) is 13.7. The van der Waals surface area contributed by atoms with Gasteiger partial charge in [0.1, 0.15) is 12.4 Å². The quantitative estimate of drug-likeness (QED) is 0.765. The molecular formula is C15H22ClN3O3. The molecule has 0 bridgehead atoms. The number of imide groups is 1. The number of ether oxygens (including phenoxy) is 1. The molecule has 0 radical (unpaired) electrons. The van der Waals surface area contributed by atoms with Crippen LogP contribution in [0.3, 0.4) is 0 Å². The molecule has 0 aliphatic carbocycles. The van der Waals surface area contributed by atoms with E-state index in [4.69, 9.17) is 16.3 Å². The predicted octanol–water partition coefficient (Wildman–Crippen LogP) is 1.89. The molecule has 22 heavy (non-hydrogen) atoms. The molecule has 2 N–H and O–H groups in total. The number of carbonyl (C=O) groups is 2. The second-order valence-electron chi connectivity index (χ2n) is 4.85. The van der Waals surface area contributed by atoms with Gasteiger partial charge in [-0.25, -0.2) is 4.79 Å². The van der Waals surface area contributed by atoms with Crippen molar-refractivity contribution in [2.24, 2.45) is 0 Å². The number of hydrogen-bond acceptors (Lipinski definition) is 4. The molecule has 0 aliphatic heterocycles. The Balaban J connectivity index is 2.21. The van der Waals surface area contributed by atoms with Gasteiger partial charge < -0.3 is 10.1 Å². The van der Waals surface area contributed by atoms with Crippen LogP contribution in [0.5, 0.6) is 5.75 Å². The second-order valence-corrected chi connectivity index (χ2v) is 5.28. The fourth-order valence-corrected chi connectivity index (χ4v) is 1.83. The lowest BCUT2D eigenvalue weighted by atomic mass is 10.3. The third kappa shape index (κ3) is 7.85. The second kappa shape index (κ2) is 10.0. The van der Waals surface area contributed by atoms with Crippen molar-refractivity contribution in [1.82, 2.24) is 15.5 Å². The van der Waals surface area contributed by atoms with Crippen LogP contribution in [0.2, 0.25) is 5.02 Å². The number of nitrogens with zero attached hydrogens (tertiary/aromatic N) is 1. The summed E-state index contributed by atoms with van der Waals surface area (Å²) >= 11 is 5.86. The number of hydrogen-bond donors (Lipinski definition) is 2. The van der Waals surface area contributed by atoms with Crippen LogP contribution in [0, 0.1) is 0 Å². The van der Waals surface area contributed by atoms with Gasteiger partial charge in [0.25, 0.3) is 0 Å². The summed E-state index contributed by atoms with van der Waals surface area (Å²) in [5.74, 6) is 0.336. The Hall–Kier alpha value is -1.79. The smallest absolute Gasteiger partial charge is 0.321 e. The van der Waals surface area contributed by atoms with Crippen molar-refractivity contribution in [3.63, 3.8) is 0 Å². The van der Waals surface area contributed by atoms with E-state index in [1.54, 1.807) is 24.1 Å². The summed E-state index contributed by atoms with van der Waals surface area (Å²) in [5, 5.41) is 5.47. The van der Waals surface area contributed by atoms with Gasteiger partial charge in [0.2, 0.25) is 5.91 Å². The molecular weight excluding hydrogens is 306 g/mol. The monoisotopic (exact) mass is 327 g/mol. The lowest BCUT2D eigenvalue weighted by Crippen LogP contribution is -2.44. The molecule has 7 heteroatoms. The maximum absolute atomic E-state index is 11.6. The van der Waals surface area contributed by atoms with Gasteiger partial charge >= 0.3 is 6.03 Å². The summed E-state index contributed by atoms with van der Waals surface area (Å²) in [7, 11) is 1.78. The third-order valence-corrected chi connectivity index (χ3v) is 2.97. The van der Waals surface area contributed by atoms with Crippen LogP contribution >= 0.6 is 11.6 Å². The number of carbonyl (C=O) groups excluding carboxylic acids is 2. The highest BCUT2D eigenvalue weighted by Gasteiger charge is 2.10. The SMILES string of the molecule is CCCNC(=O)NC(=O)CN(C)CCOc1cccc(Cl)c1. The maximum atomic E-state index is 11.6.